The van der Waals surface area contributed by atoms with Crippen molar-refractivity contribution in [3.05, 3.63) is 29.8 Å². The van der Waals surface area contributed by atoms with Gasteiger partial charge in [0, 0.05) is 18.2 Å². The fourth-order valence-corrected chi connectivity index (χ4v) is 1.92. The number of hydrogen-bond donors (Lipinski definition) is 2. The Kier molecular flexibility index (Phi) is 6.52. The second-order valence-corrected chi connectivity index (χ2v) is 4.75. The molecule has 1 aromatic carbocycles. The predicted octanol–water partition coefficient (Wildman–Crippen LogP) is 2.09. The number of carboxylic acid groups (broad SMARTS) is 1. The van der Waals surface area contributed by atoms with Crippen molar-refractivity contribution in [2.75, 3.05) is 13.7 Å². The molecule has 0 bridgehead atoms. The number of benzene rings is 1. The van der Waals surface area contributed by atoms with E-state index in [4.69, 9.17) is 9.84 Å². The normalized spacial score (nSPS) is 11.6. The lowest BCUT2D eigenvalue weighted by Crippen LogP contribution is -2.47. The molecule has 0 heterocycles. The summed E-state index contributed by atoms with van der Waals surface area (Å²) >= 11 is 0. The number of urea groups is 1. The molecule has 0 saturated heterocycles. The molecule has 21 heavy (non-hydrogen) atoms. The summed E-state index contributed by atoms with van der Waals surface area (Å²) in [5.74, 6) is -0.339. The summed E-state index contributed by atoms with van der Waals surface area (Å²) in [7, 11) is 1.57. The van der Waals surface area contributed by atoms with Crippen molar-refractivity contribution in [3.63, 3.8) is 0 Å². The lowest BCUT2D eigenvalue weighted by Gasteiger charge is -2.27. The van der Waals surface area contributed by atoms with E-state index in [1.165, 1.54) is 4.90 Å². The SMILES string of the molecule is CCC(C)N(CC(=O)O)C(=O)NCc1ccccc1OC. The first kappa shape index (κ1) is 16.8. The van der Waals surface area contributed by atoms with Crippen molar-refractivity contribution in [1.82, 2.24) is 10.2 Å². The van der Waals surface area contributed by atoms with Gasteiger partial charge in [-0.1, -0.05) is 25.1 Å². The van der Waals surface area contributed by atoms with Gasteiger partial charge in [0.15, 0.2) is 0 Å². The second-order valence-electron chi connectivity index (χ2n) is 4.75. The third kappa shape index (κ3) is 4.98. The first-order valence-electron chi connectivity index (χ1n) is 6.87. The summed E-state index contributed by atoms with van der Waals surface area (Å²) in [4.78, 5) is 24.3. The lowest BCUT2D eigenvalue weighted by molar-refractivity contribution is -0.138. The summed E-state index contributed by atoms with van der Waals surface area (Å²) < 4.78 is 5.21. The zero-order valence-electron chi connectivity index (χ0n) is 12.6. The molecule has 0 aliphatic rings. The number of methoxy groups -OCH3 is 1. The maximum Gasteiger partial charge on any atom is 0.323 e. The number of nitrogens with one attached hydrogen (secondary N) is 1. The van der Waals surface area contributed by atoms with E-state index in [0.717, 1.165) is 5.56 Å². The average molecular weight is 294 g/mol. The number of carbonyl (C=O) groups excluding carboxylic acids is 1. The van der Waals surface area contributed by atoms with Crippen LogP contribution >= 0.6 is 0 Å². The monoisotopic (exact) mass is 294 g/mol. The van der Waals surface area contributed by atoms with E-state index in [9.17, 15) is 9.59 Å². The highest BCUT2D eigenvalue weighted by atomic mass is 16.5. The van der Waals surface area contributed by atoms with Gasteiger partial charge in [-0.3, -0.25) is 4.79 Å². The molecule has 0 spiro atoms. The van der Waals surface area contributed by atoms with Crippen LogP contribution < -0.4 is 10.1 Å². The Morgan fingerprint density at radius 3 is 2.62 bits per heavy atom. The van der Waals surface area contributed by atoms with E-state index in [1.54, 1.807) is 7.11 Å². The Morgan fingerprint density at radius 2 is 2.05 bits per heavy atom. The number of para-hydroxylation sites is 1. The van der Waals surface area contributed by atoms with Crippen LogP contribution in [-0.2, 0) is 11.3 Å². The Balaban J connectivity index is 2.71. The zero-order chi connectivity index (χ0) is 15.8. The van der Waals surface area contributed by atoms with E-state index in [-0.39, 0.29) is 19.1 Å². The van der Waals surface area contributed by atoms with Gasteiger partial charge >= 0.3 is 12.0 Å². The minimum absolute atomic E-state index is 0.140. The van der Waals surface area contributed by atoms with Gasteiger partial charge in [-0.15, -0.1) is 0 Å². The molecule has 1 rings (SSSR count). The molecule has 6 nitrogen and oxygen atoms in total. The van der Waals surface area contributed by atoms with Crippen LogP contribution in [0.1, 0.15) is 25.8 Å². The standard InChI is InChI=1S/C15H22N2O4/c1-4-11(2)17(10-14(18)19)15(20)16-9-12-7-5-6-8-13(12)21-3/h5-8,11H,4,9-10H2,1-3H3,(H,16,20)(H,18,19). The van der Waals surface area contributed by atoms with Gasteiger partial charge in [-0.05, 0) is 19.4 Å². The lowest BCUT2D eigenvalue weighted by atomic mass is 10.2. The number of carboxylic acids is 1. The molecule has 116 valence electrons. The Morgan fingerprint density at radius 1 is 1.38 bits per heavy atom. The smallest absolute Gasteiger partial charge is 0.323 e. The fourth-order valence-electron chi connectivity index (χ4n) is 1.92. The number of carbonyl (C=O) groups is 2. The van der Waals surface area contributed by atoms with Gasteiger partial charge in [0.2, 0.25) is 0 Å². The largest absolute Gasteiger partial charge is 0.496 e. The zero-order valence-corrected chi connectivity index (χ0v) is 12.6. The minimum Gasteiger partial charge on any atom is -0.496 e. The average Bonchev–Trinajstić information content (AvgIpc) is 2.49. The van der Waals surface area contributed by atoms with E-state index in [1.807, 2.05) is 38.1 Å². The van der Waals surface area contributed by atoms with Crippen LogP contribution in [-0.4, -0.2) is 41.7 Å². The van der Waals surface area contributed by atoms with Gasteiger partial charge in [0.05, 0.1) is 7.11 Å². The quantitative estimate of drug-likeness (QED) is 0.807. The van der Waals surface area contributed by atoms with Gasteiger partial charge in [0.1, 0.15) is 12.3 Å². The third-order valence-corrected chi connectivity index (χ3v) is 3.31. The van der Waals surface area contributed by atoms with E-state index in [0.29, 0.717) is 12.2 Å². The van der Waals surface area contributed by atoms with E-state index in [2.05, 4.69) is 5.32 Å². The van der Waals surface area contributed by atoms with Crippen LogP contribution in [0.25, 0.3) is 0 Å². The number of hydrogen-bond acceptors (Lipinski definition) is 3. The second kappa shape index (κ2) is 8.14. The Labute approximate surface area is 124 Å². The molecule has 6 heteroatoms. The molecule has 0 aliphatic heterocycles. The summed E-state index contributed by atoms with van der Waals surface area (Å²) in [5.41, 5.74) is 0.841. The molecule has 2 N–H and O–H groups in total. The van der Waals surface area contributed by atoms with Crippen LogP contribution in [0.4, 0.5) is 4.79 Å². The molecule has 1 aromatic rings. The van der Waals surface area contributed by atoms with Crippen molar-refractivity contribution in [3.8, 4) is 5.75 Å². The van der Waals surface area contributed by atoms with Crippen molar-refractivity contribution >= 4 is 12.0 Å². The number of aliphatic carboxylic acids is 1. The number of ether oxygens (including phenoxy) is 1. The number of nitrogens with zero attached hydrogens (tertiary/aromatic N) is 1. The van der Waals surface area contributed by atoms with Crippen LogP contribution in [0, 0.1) is 0 Å². The summed E-state index contributed by atoms with van der Waals surface area (Å²) in [6, 6.07) is 6.83. The van der Waals surface area contributed by atoms with Crippen LogP contribution in [0.5, 0.6) is 5.75 Å². The summed E-state index contributed by atoms with van der Waals surface area (Å²) in [6.07, 6.45) is 0.690. The first-order valence-corrected chi connectivity index (χ1v) is 6.87. The molecule has 2 amide bonds. The van der Waals surface area contributed by atoms with Crippen molar-refractivity contribution < 1.29 is 19.4 Å². The highest BCUT2D eigenvalue weighted by molar-refractivity contribution is 5.80. The highest BCUT2D eigenvalue weighted by Crippen LogP contribution is 2.17. The Hall–Kier alpha value is -2.24. The summed E-state index contributed by atoms with van der Waals surface area (Å²) in [5, 5.41) is 11.6. The highest BCUT2D eigenvalue weighted by Gasteiger charge is 2.21. The van der Waals surface area contributed by atoms with Crippen molar-refractivity contribution in [2.45, 2.75) is 32.9 Å². The molecule has 0 radical (unpaired) electrons. The van der Waals surface area contributed by atoms with Gasteiger partial charge in [-0.25, -0.2) is 4.79 Å². The van der Waals surface area contributed by atoms with Crippen LogP contribution in [0.15, 0.2) is 24.3 Å². The molecular formula is C15H22N2O4. The molecule has 0 fully saturated rings. The fraction of sp³-hybridized carbons (Fsp3) is 0.467. The molecule has 0 saturated carbocycles. The molecular weight excluding hydrogens is 272 g/mol. The van der Waals surface area contributed by atoms with E-state index < -0.39 is 12.0 Å². The number of amides is 2. The molecule has 0 aliphatic carbocycles. The van der Waals surface area contributed by atoms with Crippen LogP contribution in [0.2, 0.25) is 0 Å². The third-order valence-electron chi connectivity index (χ3n) is 3.31. The molecule has 1 atom stereocenters. The van der Waals surface area contributed by atoms with Gasteiger partial charge < -0.3 is 20.1 Å². The van der Waals surface area contributed by atoms with Crippen molar-refractivity contribution in [2.24, 2.45) is 0 Å². The minimum atomic E-state index is -1.03. The van der Waals surface area contributed by atoms with E-state index >= 15 is 0 Å². The van der Waals surface area contributed by atoms with Gasteiger partial charge in [-0.2, -0.15) is 0 Å². The van der Waals surface area contributed by atoms with Gasteiger partial charge in [0.25, 0.3) is 0 Å². The first-order chi connectivity index (χ1) is 9.99. The molecule has 0 aromatic heterocycles. The summed E-state index contributed by atoms with van der Waals surface area (Å²) in [6.45, 7) is 3.71. The molecule has 1 unspecified atom stereocenters. The number of rotatable bonds is 7. The Bertz CT molecular complexity index is 490. The van der Waals surface area contributed by atoms with Crippen molar-refractivity contribution in [1.29, 1.82) is 0 Å². The predicted molar refractivity (Wildman–Crippen MR) is 79.3 cm³/mol. The van der Waals surface area contributed by atoms with Crippen LogP contribution in [0.3, 0.4) is 0 Å². The maximum absolute atomic E-state index is 12.2. The maximum atomic E-state index is 12.2. The topological polar surface area (TPSA) is 78.9 Å².